The van der Waals surface area contributed by atoms with Crippen molar-refractivity contribution in [1.82, 2.24) is 9.80 Å². The van der Waals surface area contributed by atoms with Crippen molar-refractivity contribution in [2.24, 2.45) is 5.73 Å². The number of amides is 3. The Labute approximate surface area is 212 Å². The molecule has 1 saturated heterocycles. The van der Waals surface area contributed by atoms with E-state index in [-0.39, 0.29) is 24.0 Å². The van der Waals surface area contributed by atoms with Crippen LogP contribution < -0.4 is 20.5 Å². The van der Waals surface area contributed by atoms with Gasteiger partial charge in [-0.15, -0.1) is 0 Å². The highest BCUT2D eigenvalue weighted by Gasteiger charge is 2.29. The summed E-state index contributed by atoms with van der Waals surface area (Å²) in [4.78, 5) is 30.1. The number of nitrogens with zero attached hydrogens (tertiary/aromatic N) is 2. The Bertz CT molecular complexity index is 1050. The first-order valence-electron chi connectivity index (χ1n) is 12.5. The predicted octanol–water partition coefficient (Wildman–Crippen LogP) is 3.48. The highest BCUT2D eigenvalue weighted by atomic mass is 16.5. The third-order valence-corrected chi connectivity index (χ3v) is 6.90. The van der Waals surface area contributed by atoms with Gasteiger partial charge >= 0.3 is 6.03 Å². The van der Waals surface area contributed by atoms with E-state index in [4.69, 9.17) is 19.9 Å². The Kier molecular flexibility index (Phi) is 8.66. The molecule has 2 aromatic carbocycles. The second kappa shape index (κ2) is 12.1. The number of hydrogen-bond donors (Lipinski definition) is 2. The molecule has 0 spiro atoms. The van der Waals surface area contributed by atoms with Gasteiger partial charge in [0.05, 0.1) is 27.4 Å². The van der Waals surface area contributed by atoms with Crippen LogP contribution in [0.4, 0.5) is 10.5 Å². The van der Waals surface area contributed by atoms with Gasteiger partial charge in [0.25, 0.3) is 5.91 Å². The Hall–Kier alpha value is -3.30. The number of nitrogens with one attached hydrogen (secondary N) is 1. The van der Waals surface area contributed by atoms with Crippen molar-refractivity contribution in [3.8, 4) is 11.5 Å². The van der Waals surface area contributed by atoms with Crippen molar-refractivity contribution in [3.63, 3.8) is 0 Å². The molecule has 0 aromatic heterocycles. The summed E-state index contributed by atoms with van der Waals surface area (Å²) in [6, 6.07) is 13.0. The molecule has 0 atom stereocenters. The molecule has 9 nitrogen and oxygen atoms in total. The molecule has 1 aliphatic heterocycles. The normalized spacial score (nSPS) is 19.9. The molecule has 0 radical (unpaired) electrons. The zero-order valence-electron chi connectivity index (χ0n) is 21.1. The van der Waals surface area contributed by atoms with E-state index in [0.29, 0.717) is 55.6 Å². The van der Waals surface area contributed by atoms with Gasteiger partial charge in [0, 0.05) is 43.0 Å². The third kappa shape index (κ3) is 6.27. The van der Waals surface area contributed by atoms with Crippen molar-refractivity contribution in [3.05, 3.63) is 53.6 Å². The molecule has 194 valence electrons. The molecule has 1 aliphatic carbocycles. The molecular formula is C27H36N4O5. The lowest BCUT2D eigenvalue weighted by atomic mass is 9.90. The van der Waals surface area contributed by atoms with E-state index in [1.165, 1.54) is 0 Å². The van der Waals surface area contributed by atoms with Crippen molar-refractivity contribution in [1.29, 1.82) is 0 Å². The van der Waals surface area contributed by atoms with E-state index < -0.39 is 0 Å². The van der Waals surface area contributed by atoms with Gasteiger partial charge < -0.3 is 35.1 Å². The average Bonchev–Trinajstić information content (AvgIpc) is 2.92. The standard InChI is InChI=1S/C27H36N4O5/c1-34-24-11-6-20(17-25(24)35-2)26(32)31(23-9-7-21(28)8-10-23)18-19-4-3-5-22(16-19)29-27(33)30-12-14-36-15-13-30/h3-6,11,16-17,21,23H,7-10,12-15,18,28H2,1-2H3,(H,29,33). The molecule has 3 N–H and O–H groups in total. The third-order valence-electron chi connectivity index (χ3n) is 6.90. The number of carbonyl (C=O) groups is 2. The lowest BCUT2D eigenvalue weighted by Crippen LogP contribution is -2.44. The van der Waals surface area contributed by atoms with Crippen LogP contribution in [0.3, 0.4) is 0 Å². The summed E-state index contributed by atoms with van der Waals surface area (Å²) in [5, 5.41) is 2.98. The van der Waals surface area contributed by atoms with E-state index in [1.807, 2.05) is 29.2 Å². The first-order chi connectivity index (χ1) is 17.5. The van der Waals surface area contributed by atoms with Gasteiger partial charge in [-0.25, -0.2) is 4.79 Å². The van der Waals surface area contributed by atoms with Crippen LogP contribution in [0.2, 0.25) is 0 Å². The fraction of sp³-hybridized carbons (Fsp3) is 0.481. The maximum atomic E-state index is 13.8. The number of morpholine rings is 1. The molecule has 4 rings (SSSR count). The van der Waals surface area contributed by atoms with Crippen LogP contribution in [0.15, 0.2) is 42.5 Å². The molecule has 0 unspecified atom stereocenters. The van der Waals surface area contributed by atoms with E-state index in [2.05, 4.69) is 5.32 Å². The minimum absolute atomic E-state index is 0.0702. The number of urea groups is 1. The van der Waals surface area contributed by atoms with Crippen molar-refractivity contribution in [2.45, 2.75) is 44.3 Å². The van der Waals surface area contributed by atoms with Crippen LogP contribution in [-0.2, 0) is 11.3 Å². The van der Waals surface area contributed by atoms with Crippen LogP contribution in [0.25, 0.3) is 0 Å². The second-order valence-corrected chi connectivity index (χ2v) is 9.30. The largest absolute Gasteiger partial charge is 0.493 e. The van der Waals surface area contributed by atoms with Crippen LogP contribution in [-0.4, -0.2) is 74.3 Å². The fourth-order valence-electron chi connectivity index (χ4n) is 4.83. The topological polar surface area (TPSA) is 106 Å². The first-order valence-corrected chi connectivity index (χ1v) is 12.5. The summed E-state index contributed by atoms with van der Waals surface area (Å²) < 4.78 is 16.1. The smallest absolute Gasteiger partial charge is 0.321 e. The highest BCUT2D eigenvalue weighted by Crippen LogP contribution is 2.30. The van der Waals surface area contributed by atoms with Gasteiger partial charge in [-0.2, -0.15) is 0 Å². The Morgan fingerprint density at radius 1 is 1.03 bits per heavy atom. The highest BCUT2D eigenvalue weighted by molar-refractivity contribution is 5.95. The minimum atomic E-state index is -0.144. The van der Waals surface area contributed by atoms with Crippen LogP contribution in [0, 0.1) is 0 Å². The van der Waals surface area contributed by atoms with Gasteiger partial charge in [0.1, 0.15) is 0 Å². The SMILES string of the molecule is COc1ccc(C(=O)N(Cc2cccc(NC(=O)N3CCOCC3)c2)C2CCC(N)CC2)cc1OC. The molecule has 2 fully saturated rings. The van der Waals surface area contributed by atoms with Crippen LogP contribution >= 0.6 is 0 Å². The number of rotatable bonds is 7. The second-order valence-electron chi connectivity index (χ2n) is 9.30. The van der Waals surface area contributed by atoms with Gasteiger partial charge in [-0.3, -0.25) is 4.79 Å². The summed E-state index contributed by atoms with van der Waals surface area (Å²) in [6.45, 7) is 2.66. The summed E-state index contributed by atoms with van der Waals surface area (Å²) in [5.74, 6) is 1.02. The summed E-state index contributed by atoms with van der Waals surface area (Å²) in [5.41, 5.74) is 8.33. The minimum Gasteiger partial charge on any atom is -0.493 e. The van der Waals surface area contributed by atoms with E-state index in [1.54, 1.807) is 37.3 Å². The number of methoxy groups -OCH3 is 2. The summed E-state index contributed by atoms with van der Waals surface area (Å²) >= 11 is 0. The predicted molar refractivity (Wildman–Crippen MR) is 138 cm³/mol. The zero-order chi connectivity index (χ0) is 25.5. The van der Waals surface area contributed by atoms with Gasteiger partial charge in [0.15, 0.2) is 11.5 Å². The fourth-order valence-corrected chi connectivity index (χ4v) is 4.83. The lowest BCUT2D eigenvalue weighted by Gasteiger charge is -2.36. The van der Waals surface area contributed by atoms with Gasteiger partial charge in [-0.05, 0) is 61.6 Å². The number of nitrogens with two attached hydrogens (primary N) is 1. The van der Waals surface area contributed by atoms with Crippen molar-refractivity contribution >= 4 is 17.6 Å². The quantitative estimate of drug-likeness (QED) is 0.608. The Balaban J connectivity index is 1.54. The number of hydrogen-bond acceptors (Lipinski definition) is 6. The van der Waals surface area contributed by atoms with Crippen molar-refractivity contribution < 1.29 is 23.8 Å². The van der Waals surface area contributed by atoms with Crippen molar-refractivity contribution in [2.75, 3.05) is 45.8 Å². The van der Waals surface area contributed by atoms with Gasteiger partial charge in [0.2, 0.25) is 0 Å². The zero-order valence-corrected chi connectivity index (χ0v) is 21.1. The molecule has 2 aliphatic rings. The maximum absolute atomic E-state index is 13.8. The molecule has 0 bridgehead atoms. The molecule has 1 heterocycles. The lowest BCUT2D eigenvalue weighted by molar-refractivity contribution is 0.0564. The summed E-state index contributed by atoms with van der Waals surface area (Å²) in [7, 11) is 3.13. The summed E-state index contributed by atoms with van der Waals surface area (Å²) in [6.07, 6.45) is 3.48. The van der Waals surface area contributed by atoms with Crippen LogP contribution in [0.5, 0.6) is 11.5 Å². The number of ether oxygens (including phenoxy) is 3. The van der Waals surface area contributed by atoms with Gasteiger partial charge in [-0.1, -0.05) is 12.1 Å². The van der Waals surface area contributed by atoms with E-state index in [9.17, 15) is 9.59 Å². The molecule has 1 saturated carbocycles. The number of anilines is 1. The Morgan fingerprint density at radius 2 is 1.75 bits per heavy atom. The first kappa shape index (κ1) is 25.8. The maximum Gasteiger partial charge on any atom is 0.321 e. The van der Waals surface area contributed by atoms with E-state index in [0.717, 1.165) is 31.2 Å². The average molecular weight is 497 g/mol. The molecule has 36 heavy (non-hydrogen) atoms. The van der Waals surface area contributed by atoms with Crippen LogP contribution in [0.1, 0.15) is 41.6 Å². The molecule has 2 aromatic rings. The molecular weight excluding hydrogens is 460 g/mol. The molecule has 9 heteroatoms. The number of benzene rings is 2. The molecule has 3 amide bonds. The Morgan fingerprint density at radius 3 is 2.44 bits per heavy atom. The monoisotopic (exact) mass is 496 g/mol. The van der Waals surface area contributed by atoms with E-state index >= 15 is 0 Å². The number of carbonyl (C=O) groups excluding carboxylic acids is 2.